The molecule has 2 aliphatic rings. The molecule has 2 saturated heterocycles. The Balaban J connectivity index is 1.43. The maximum absolute atomic E-state index is 13.2. The van der Waals surface area contributed by atoms with Gasteiger partial charge in [-0.3, -0.25) is 9.59 Å². The molecule has 0 unspecified atom stereocenters. The molecule has 154 valence electrons. The van der Waals surface area contributed by atoms with Crippen molar-refractivity contribution in [1.82, 2.24) is 9.80 Å². The third kappa shape index (κ3) is 4.19. The molecule has 4 rings (SSSR count). The van der Waals surface area contributed by atoms with Crippen LogP contribution >= 0.6 is 0 Å². The lowest BCUT2D eigenvalue weighted by Gasteiger charge is -2.47. The van der Waals surface area contributed by atoms with Crippen molar-refractivity contribution >= 4 is 11.8 Å². The number of fused-ring (bicyclic) bond motifs is 1. The number of hydrogen-bond acceptors (Lipinski definition) is 4. The van der Waals surface area contributed by atoms with Crippen molar-refractivity contribution in [3.8, 4) is 0 Å². The van der Waals surface area contributed by atoms with Gasteiger partial charge in [0.2, 0.25) is 5.91 Å². The number of rotatable bonds is 5. The quantitative estimate of drug-likeness (QED) is 0.773. The van der Waals surface area contributed by atoms with Crippen LogP contribution in [0.5, 0.6) is 0 Å². The summed E-state index contributed by atoms with van der Waals surface area (Å²) in [6, 6.07) is 9.83. The number of likely N-dealkylation sites (tertiary alicyclic amines) is 2. The van der Waals surface area contributed by atoms with E-state index in [0.29, 0.717) is 44.2 Å². The van der Waals surface area contributed by atoms with Gasteiger partial charge in [-0.2, -0.15) is 0 Å². The van der Waals surface area contributed by atoms with Gasteiger partial charge in [0, 0.05) is 39.2 Å². The van der Waals surface area contributed by atoms with E-state index in [0.717, 1.165) is 18.4 Å². The number of ether oxygens (including phenoxy) is 1. The average molecular weight is 400 g/mol. The van der Waals surface area contributed by atoms with Crippen LogP contribution in [0.1, 0.15) is 41.1 Å². The molecule has 0 radical (unpaired) electrons. The van der Waals surface area contributed by atoms with Crippen LogP contribution in [0, 0.1) is 11.7 Å². The first-order valence-electron chi connectivity index (χ1n) is 9.96. The van der Waals surface area contributed by atoms with Crippen molar-refractivity contribution in [2.24, 2.45) is 5.92 Å². The predicted molar refractivity (Wildman–Crippen MR) is 103 cm³/mol. The second kappa shape index (κ2) is 8.37. The van der Waals surface area contributed by atoms with Crippen LogP contribution in [-0.4, -0.2) is 47.9 Å². The molecule has 6 nitrogen and oxygen atoms in total. The minimum atomic E-state index is -0.282. The Kier molecular flexibility index (Phi) is 5.67. The van der Waals surface area contributed by atoms with Crippen LogP contribution in [0.4, 0.5) is 4.39 Å². The van der Waals surface area contributed by atoms with E-state index in [2.05, 4.69) is 0 Å². The Morgan fingerprint density at radius 3 is 2.76 bits per heavy atom. The van der Waals surface area contributed by atoms with Gasteiger partial charge in [-0.15, -0.1) is 0 Å². The molecule has 1 aromatic carbocycles. The fraction of sp³-hybridized carbons (Fsp3) is 0.455. The first-order chi connectivity index (χ1) is 14.0. The van der Waals surface area contributed by atoms with Gasteiger partial charge < -0.3 is 19.0 Å². The van der Waals surface area contributed by atoms with Gasteiger partial charge in [0.25, 0.3) is 5.91 Å². The molecule has 7 heteroatoms. The van der Waals surface area contributed by atoms with Crippen molar-refractivity contribution < 1.29 is 23.1 Å². The summed E-state index contributed by atoms with van der Waals surface area (Å²) >= 11 is 0. The highest BCUT2D eigenvalue weighted by molar-refractivity contribution is 5.91. The summed E-state index contributed by atoms with van der Waals surface area (Å²) in [7, 11) is 1.58. The zero-order valence-corrected chi connectivity index (χ0v) is 16.5. The number of halogens is 1. The third-order valence-corrected chi connectivity index (χ3v) is 5.86. The molecular formula is C22H25FN2O4. The van der Waals surface area contributed by atoms with E-state index in [9.17, 15) is 14.0 Å². The van der Waals surface area contributed by atoms with E-state index in [1.807, 2.05) is 9.80 Å². The fourth-order valence-corrected chi connectivity index (χ4v) is 4.40. The number of hydrogen-bond donors (Lipinski definition) is 0. The average Bonchev–Trinajstić information content (AvgIpc) is 3.19. The van der Waals surface area contributed by atoms with Gasteiger partial charge in [0.1, 0.15) is 18.2 Å². The van der Waals surface area contributed by atoms with Gasteiger partial charge >= 0.3 is 0 Å². The highest BCUT2D eigenvalue weighted by Crippen LogP contribution is 2.33. The fourth-order valence-electron chi connectivity index (χ4n) is 4.40. The lowest BCUT2D eigenvalue weighted by molar-refractivity contribution is -0.141. The summed E-state index contributed by atoms with van der Waals surface area (Å²) in [6.45, 7) is 2.00. The molecule has 2 fully saturated rings. The SMILES string of the molecule is COCc1ccc(C(=O)N2CC[C@@H]3[C@@H](CCC(=O)N3Cc3ccc(F)cc3)C2)o1. The molecule has 0 spiro atoms. The largest absolute Gasteiger partial charge is 0.453 e. The number of nitrogens with zero attached hydrogens (tertiary/aromatic N) is 2. The van der Waals surface area contributed by atoms with E-state index in [-0.39, 0.29) is 29.6 Å². The van der Waals surface area contributed by atoms with E-state index in [1.54, 1.807) is 31.4 Å². The molecule has 0 N–H and O–H groups in total. The number of furan rings is 1. The molecule has 0 bridgehead atoms. The Hall–Kier alpha value is -2.67. The van der Waals surface area contributed by atoms with Crippen molar-refractivity contribution in [3.63, 3.8) is 0 Å². The minimum absolute atomic E-state index is 0.103. The Morgan fingerprint density at radius 2 is 2.00 bits per heavy atom. The van der Waals surface area contributed by atoms with Crippen molar-refractivity contribution in [2.75, 3.05) is 20.2 Å². The molecule has 3 heterocycles. The maximum atomic E-state index is 13.2. The van der Waals surface area contributed by atoms with E-state index in [4.69, 9.17) is 9.15 Å². The van der Waals surface area contributed by atoms with Gasteiger partial charge in [-0.05, 0) is 48.6 Å². The normalized spacial score (nSPS) is 21.9. The molecule has 2 aromatic rings. The Bertz CT molecular complexity index is 879. The zero-order chi connectivity index (χ0) is 20.4. The lowest BCUT2D eigenvalue weighted by Crippen LogP contribution is -2.56. The van der Waals surface area contributed by atoms with E-state index in [1.165, 1.54) is 12.1 Å². The number of methoxy groups -OCH3 is 1. The second-order valence-corrected chi connectivity index (χ2v) is 7.75. The second-order valence-electron chi connectivity index (χ2n) is 7.75. The number of piperidine rings is 2. The maximum Gasteiger partial charge on any atom is 0.289 e. The van der Waals surface area contributed by atoms with E-state index < -0.39 is 0 Å². The summed E-state index contributed by atoms with van der Waals surface area (Å²) in [5, 5.41) is 0. The summed E-state index contributed by atoms with van der Waals surface area (Å²) < 4.78 is 23.8. The van der Waals surface area contributed by atoms with Crippen LogP contribution < -0.4 is 0 Å². The molecule has 0 saturated carbocycles. The van der Waals surface area contributed by atoms with Crippen molar-refractivity contribution in [1.29, 1.82) is 0 Å². The molecule has 1 aromatic heterocycles. The third-order valence-electron chi connectivity index (χ3n) is 5.86. The van der Waals surface area contributed by atoms with Crippen LogP contribution in [0.3, 0.4) is 0 Å². The van der Waals surface area contributed by atoms with Crippen molar-refractivity contribution in [2.45, 2.75) is 38.5 Å². The smallest absolute Gasteiger partial charge is 0.289 e. The van der Waals surface area contributed by atoms with Crippen LogP contribution in [0.25, 0.3) is 0 Å². The van der Waals surface area contributed by atoms with Crippen LogP contribution in [0.15, 0.2) is 40.8 Å². The Labute approximate surface area is 169 Å². The molecule has 2 aliphatic heterocycles. The first kappa shape index (κ1) is 19.6. The highest BCUT2D eigenvalue weighted by Gasteiger charge is 2.40. The number of carbonyl (C=O) groups is 2. The summed E-state index contributed by atoms with van der Waals surface area (Å²) in [4.78, 5) is 29.1. The van der Waals surface area contributed by atoms with Crippen LogP contribution in [-0.2, 0) is 22.7 Å². The number of benzene rings is 1. The monoisotopic (exact) mass is 400 g/mol. The lowest BCUT2D eigenvalue weighted by atomic mass is 9.83. The molecule has 29 heavy (non-hydrogen) atoms. The molecular weight excluding hydrogens is 375 g/mol. The number of carbonyl (C=O) groups excluding carboxylic acids is 2. The van der Waals surface area contributed by atoms with Gasteiger partial charge in [-0.25, -0.2) is 4.39 Å². The Morgan fingerprint density at radius 1 is 1.21 bits per heavy atom. The zero-order valence-electron chi connectivity index (χ0n) is 16.5. The molecule has 0 aliphatic carbocycles. The molecule has 2 atom stereocenters. The minimum Gasteiger partial charge on any atom is -0.453 e. The first-order valence-corrected chi connectivity index (χ1v) is 9.96. The number of amides is 2. The summed E-state index contributed by atoms with van der Waals surface area (Å²) in [6.07, 6.45) is 1.98. The standard InChI is InChI=1S/C22H25FN2O4/c1-28-14-18-7-8-20(29-18)22(27)24-11-10-19-16(13-24)4-9-21(26)25(19)12-15-2-5-17(23)6-3-15/h2-3,5-8,16,19H,4,9-14H2,1H3/t16-,19+/m0/s1. The van der Waals surface area contributed by atoms with E-state index >= 15 is 0 Å². The predicted octanol–water partition coefficient (Wildman–Crippen LogP) is 3.22. The summed E-state index contributed by atoms with van der Waals surface area (Å²) in [5.74, 6) is 0.915. The van der Waals surface area contributed by atoms with Gasteiger partial charge in [-0.1, -0.05) is 12.1 Å². The van der Waals surface area contributed by atoms with Crippen molar-refractivity contribution in [3.05, 3.63) is 59.3 Å². The highest BCUT2D eigenvalue weighted by atomic mass is 19.1. The van der Waals surface area contributed by atoms with Crippen LogP contribution in [0.2, 0.25) is 0 Å². The molecule has 2 amide bonds. The van der Waals surface area contributed by atoms with Gasteiger partial charge in [0.15, 0.2) is 5.76 Å². The van der Waals surface area contributed by atoms with Gasteiger partial charge in [0.05, 0.1) is 0 Å². The summed E-state index contributed by atoms with van der Waals surface area (Å²) in [5.41, 5.74) is 0.917. The topological polar surface area (TPSA) is 63.0 Å².